The van der Waals surface area contributed by atoms with Crippen molar-refractivity contribution in [1.82, 2.24) is 10.6 Å². The van der Waals surface area contributed by atoms with Crippen LogP contribution >= 0.6 is 11.8 Å². The molecule has 0 aliphatic carbocycles. The molecule has 0 radical (unpaired) electrons. The van der Waals surface area contributed by atoms with Crippen molar-refractivity contribution in [2.45, 2.75) is 19.8 Å². The van der Waals surface area contributed by atoms with E-state index in [1.54, 1.807) is 11.8 Å². The van der Waals surface area contributed by atoms with Crippen LogP contribution in [0.5, 0.6) is 0 Å². The van der Waals surface area contributed by atoms with Gasteiger partial charge in [0.25, 0.3) is 0 Å². The molecule has 82 valence electrons. The van der Waals surface area contributed by atoms with Gasteiger partial charge in [0.15, 0.2) is 0 Å². The van der Waals surface area contributed by atoms with Crippen LogP contribution in [-0.2, 0) is 4.79 Å². The number of rotatable bonds is 4. The van der Waals surface area contributed by atoms with Crippen LogP contribution < -0.4 is 10.6 Å². The number of piperidine rings is 1. The molecule has 1 fully saturated rings. The first kappa shape index (κ1) is 11.9. The van der Waals surface area contributed by atoms with Crippen LogP contribution in [0.1, 0.15) is 19.8 Å². The Kier molecular flexibility index (Phi) is 4.75. The van der Waals surface area contributed by atoms with Gasteiger partial charge in [-0.2, -0.15) is 11.8 Å². The molecular weight excluding hydrogens is 196 g/mol. The Hall–Kier alpha value is -0.220. The summed E-state index contributed by atoms with van der Waals surface area (Å²) in [7, 11) is 0. The van der Waals surface area contributed by atoms with Crippen LogP contribution in [0.25, 0.3) is 0 Å². The van der Waals surface area contributed by atoms with Crippen LogP contribution in [0, 0.1) is 5.41 Å². The number of thioether (sulfide) groups is 1. The second kappa shape index (κ2) is 5.61. The number of hydrogen-bond acceptors (Lipinski definition) is 3. The number of carbonyl (C=O) groups is 1. The molecule has 4 heteroatoms. The molecule has 1 aliphatic heterocycles. The van der Waals surface area contributed by atoms with E-state index in [-0.39, 0.29) is 11.3 Å². The van der Waals surface area contributed by atoms with Crippen LogP contribution in [0.2, 0.25) is 0 Å². The highest BCUT2D eigenvalue weighted by Crippen LogP contribution is 2.25. The molecule has 0 aromatic heterocycles. The molecule has 0 bridgehead atoms. The third-order valence-electron chi connectivity index (χ3n) is 2.74. The summed E-state index contributed by atoms with van der Waals surface area (Å²) in [6.45, 7) is 4.70. The van der Waals surface area contributed by atoms with Crippen LogP contribution in [0.4, 0.5) is 0 Å². The number of hydrogen-bond donors (Lipinski definition) is 2. The fourth-order valence-electron chi connectivity index (χ4n) is 1.73. The minimum absolute atomic E-state index is 0.184. The largest absolute Gasteiger partial charge is 0.355 e. The first-order valence-electron chi connectivity index (χ1n) is 5.17. The Balaban J connectivity index is 2.33. The third kappa shape index (κ3) is 3.17. The van der Waals surface area contributed by atoms with E-state index in [0.29, 0.717) is 0 Å². The smallest absolute Gasteiger partial charge is 0.227 e. The van der Waals surface area contributed by atoms with Gasteiger partial charge in [0.05, 0.1) is 5.41 Å². The quantitative estimate of drug-likeness (QED) is 0.685. The van der Waals surface area contributed by atoms with Crippen molar-refractivity contribution in [1.29, 1.82) is 0 Å². The van der Waals surface area contributed by atoms with Crippen molar-refractivity contribution in [2.75, 3.05) is 31.6 Å². The number of nitrogens with one attached hydrogen (secondary N) is 2. The highest BCUT2D eigenvalue weighted by atomic mass is 32.2. The molecule has 1 heterocycles. The Morgan fingerprint density at radius 1 is 1.64 bits per heavy atom. The van der Waals surface area contributed by atoms with Gasteiger partial charge in [0, 0.05) is 18.8 Å². The predicted molar refractivity (Wildman–Crippen MR) is 61.6 cm³/mol. The van der Waals surface area contributed by atoms with Crippen LogP contribution in [0.15, 0.2) is 0 Å². The van der Waals surface area contributed by atoms with Gasteiger partial charge in [0.1, 0.15) is 0 Å². The average molecular weight is 216 g/mol. The molecule has 1 saturated heterocycles. The van der Waals surface area contributed by atoms with Crippen molar-refractivity contribution in [3.63, 3.8) is 0 Å². The number of carbonyl (C=O) groups excluding carboxylic acids is 1. The average Bonchev–Trinajstić information content (AvgIpc) is 2.19. The Morgan fingerprint density at radius 3 is 3.00 bits per heavy atom. The standard InChI is InChI=1S/C10H20N2OS/c1-10(4-3-5-11-8-10)9(13)12-6-7-14-2/h11H,3-8H2,1-2H3,(H,12,13). The lowest BCUT2D eigenvalue weighted by atomic mass is 9.82. The van der Waals surface area contributed by atoms with E-state index in [1.807, 2.05) is 6.92 Å². The molecule has 1 atom stereocenters. The SMILES string of the molecule is CSCCNC(=O)C1(C)CCCNC1. The van der Waals surface area contributed by atoms with E-state index in [4.69, 9.17) is 0 Å². The first-order valence-corrected chi connectivity index (χ1v) is 6.56. The molecular formula is C10H20N2OS. The highest BCUT2D eigenvalue weighted by molar-refractivity contribution is 7.98. The Labute approximate surface area is 90.4 Å². The maximum Gasteiger partial charge on any atom is 0.227 e. The van der Waals surface area contributed by atoms with Gasteiger partial charge in [-0.15, -0.1) is 0 Å². The molecule has 14 heavy (non-hydrogen) atoms. The maximum absolute atomic E-state index is 11.8. The summed E-state index contributed by atoms with van der Waals surface area (Å²) in [4.78, 5) is 11.8. The lowest BCUT2D eigenvalue weighted by molar-refractivity contribution is -0.130. The second-order valence-corrected chi connectivity index (χ2v) is 5.08. The van der Waals surface area contributed by atoms with Crippen molar-refractivity contribution in [2.24, 2.45) is 5.41 Å². The van der Waals surface area contributed by atoms with E-state index >= 15 is 0 Å². The van der Waals surface area contributed by atoms with Gasteiger partial charge in [-0.05, 0) is 32.6 Å². The summed E-state index contributed by atoms with van der Waals surface area (Å²) >= 11 is 1.76. The van der Waals surface area contributed by atoms with Gasteiger partial charge < -0.3 is 10.6 Å². The summed E-state index contributed by atoms with van der Waals surface area (Å²) in [5.41, 5.74) is -0.184. The van der Waals surface area contributed by atoms with Crippen molar-refractivity contribution < 1.29 is 4.79 Å². The molecule has 1 aliphatic rings. The molecule has 0 saturated carbocycles. The lowest BCUT2D eigenvalue weighted by Crippen LogP contribution is -2.49. The van der Waals surface area contributed by atoms with E-state index in [1.165, 1.54) is 0 Å². The summed E-state index contributed by atoms with van der Waals surface area (Å²) < 4.78 is 0. The highest BCUT2D eigenvalue weighted by Gasteiger charge is 2.33. The Morgan fingerprint density at radius 2 is 2.43 bits per heavy atom. The molecule has 0 aromatic carbocycles. The van der Waals surface area contributed by atoms with Crippen molar-refractivity contribution in [3.8, 4) is 0 Å². The van der Waals surface area contributed by atoms with E-state index in [0.717, 1.165) is 38.2 Å². The fraction of sp³-hybridized carbons (Fsp3) is 0.900. The summed E-state index contributed by atoms with van der Waals surface area (Å²) in [6.07, 6.45) is 4.16. The van der Waals surface area contributed by atoms with E-state index < -0.39 is 0 Å². The van der Waals surface area contributed by atoms with Crippen LogP contribution in [-0.4, -0.2) is 37.6 Å². The molecule has 0 aromatic rings. The summed E-state index contributed by atoms with van der Waals surface area (Å²) in [5.74, 6) is 1.20. The first-order chi connectivity index (χ1) is 6.69. The van der Waals surface area contributed by atoms with Crippen LogP contribution in [0.3, 0.4) is 0 Å². The normalized spacial score (nSPS) is 27.3. The number of amides is 1. The van der Waals surface area contributed by atoms with Gasteiger partial charge in [-0.1, -0.05) is 0 Å². The fourth-order valence-corrected chi connectivity index (χ4v) is 2.04. The zero-order valence-electron chi connectivity index (χ0n) is 9.06. The molecule has 3 nitrogen and oxygen atoms in total. The minimum atomic E-state index is -0.184. The topological polar surface area (TPSA) is 41.1 Å². The third-order valence-corrected chi connectivity index (χ3v) is 3.35. The minimum Gasteiger partial charge on any atom is -0.355 e. The van der Waals surface area contributed by atoms with Crippen molar-refractivity contribution in [3.05, 3.63) is 0 Å². The zero-order chi connectivity index (χ0) is 10.4. The van der Waals surface area contributed by atoms with Gasteiger partial charge >= 0.3 is 0 Å². The van der Waals surface area contributed by atoms with E-state index in [9.17, 15) is 4.79 Å². The predicted octanol–water partition coefficient (Wildman–Crippen LogP) is 0.855. The zero-order valence-corrected chi connectivity index (χ0v) is 9.88. The molecule has 1 amide bonds. The van der Waals surface area contributed by atoms with Gasteiger partial charge in [-0.25, -0.2) is 0 Å². The molecule has 1 rings (SSSR count). The summed E-state index contributed by atoms with van der Waals surface area (Å²) in [5, 5.41) is 6.27. The molecule has 1 unspecified atom stereocenters. The van der Waals surface area contributed by atoms with Gasteiger partial charge in [0.2, 0.25) is 5.91 Å². The van der Waals surface area contributed by atoms with Crippen molar-refractivity contribution >= 4 is 17.7 Å². The van der Waals surface area contributed by atoms with E-state index in [2.05, 4.69) is 16.9 Å². The Bertz CT molecular complexity index is 191. The van der Waals surface area contributed by atoms with Gasteiger partial charge in [-0.3, -0.25) is 4.79 Å². The molecule has 0 spiro atoms. The second-order valence-electron chi connectivity index (χ2n) is 4.09. The summed E-state index contributed by atoms with van der Waals surface area (Å²) in [6, 6.07) is 0. The monoisotopic (exact) mass is 216 g/mol. The maximum atomic E-state index is 11.8. The molecule has 2 N–H and O–H groups in total. The lowest BCUT2D eigenvalue weighted by Gasteiger charge is -2.32.